The van der Waals surface area contributed by atoms with Gasteiger partial charge in [-0.1, -0.05) is 30.3 Å². The zero-order valence-electron chi connectivity index (χ0n) is 12.6. The summed E-state index contributed by atoms with van der Waals surface area (Å²) in [6.07, 6.45) is 1.82. The lowest BCUT2D eigenvalue weighted by molar-refractivity contribution is 0.582. The maximum absolute atomic E-state index is 6.03. The molecule has 1 aromatic heterocycles. The molecule has 0 fully saturated rings. The van der Waals surface area contributed by atoms with Crippen molar-refractivity contribution in [2.45, 2.75) is 32.7 Å². The molecule has 0 aliphatic carbocycles. The minimum atomic E-state index is 0.403. The molecule has 1 heterocycles. The number of anilines is 1. The Kier molecular flexibility index (Phi) is 3.65. The van der Waals surface area contributed by atoms with Crippen molar-refractivity contribution in [3.63, 3.8) is 0 Å². The number of aryl methyl sites for hydroxylation is 2. The number of hydrogen-bond donors (Lipinski definition) is 1. The molecule has 3 heteroatoms. The highest BCUT2D eigenvalue weighted by Crippen LogP contribution is 2.22. The van der Waals surface area contributed by atoms with E-state index in [0.29, 0.717) is 6.04 Å². The third kappa shape index (κ3) is 2.64. The van der Waals surface area contributed by atoms with Crippen LogP contribution in [0.15, 0.2) is 48.5 Å². The Morgan fingerprint density at radius 3 is 2.48 bits per heavy atom. The van der Waals surface area contributed by atoms with E-state index in [4.69, 9.17) is 10.7 Å². The van der Waals surface area contributed by atoms with E-state index < -0.39 is 0 Å². The van der Waals surface area contributed by atoms with Crippen LogP contribution in [-0.2, 0) is 12.8 Å². The topological polar surface area (TPSA) is 43.8 Å². The first-order valence-electron chi connectivity index (χ1n) is 7.46. The monoisotopic (exact) mass is 279 g/mol. The van der Waals surface area contributed by atoms with Crippen molar-refractivity contribution < 1.29 is 0 Å². The van der Waals surface area contributed by atoms with Gasteiger partial charge in [0.15, 0.2) is 0 Å². The van der Waals surface area contributed by atoms with Crippen molar-refractivity contribution >= 4 is 16.7 Å². The lowest BCUT2D eigenvalue weighted by Crippen LogP contribution is -2.08. The molecule has 0 bridgehead atoms. The van der Waals surface area contributed by atoms with E-state index in [1.54, 1.807) is 0 Å². The van der Waals surface area contributed by atoms with Crippen molar-refractivity contribution in [2.75, 3.05) is 5.73 Å². The van der Waals surface area contributed by atoms with Crippen LogP contribution in [0.2, 0.25) is 0 Å². The summed E-state index contributed by atoms with van der Waals surface area (Å²) < 4.78 is 2.33. The second-order valence-electron chi connectivity index (χ2n) is 5.68. The average molecular weight is 279 g/mol. The number of rotatable bonds is 4. The predicted molar refractivity (Wildman–Crippen MR) is 88.4 cm³/mol. The van der Waals surface area contributed by atoms with Crippen LogP contribution in [0.25, 0.3) is 11.0 Å². The molecule has 21 heavy (non-hydrogen) atoms. The van der Waals surface area contributed by atoms with Crippen LogP contribution in [-0.4, -0.2) is 9.55 Å². The van der Waals surface area contributed by atoms with E-state index in [1.807, 2.05) is 24.3 Å². The molecular weight excluding hydrogens is 258 g/mol. The molecule has 0 unspecified atom stereocenters. The fourth-order valence-corrected chi connectivity index (χ4v) is 2.86. The van der Waals surface area contributed by atoms with Crippen molar-refractivity contribution in [1.82, 2.24) is 9.55 Å². The van der Waals surface area contributed by atoms with Gasteiger partial charge in [-0.25, -0.2) is 4.98 Å². The third-order valence-corrected chi connectivity index (χ3v) is 3.86. The van der Waals surface area contributed by atoms with Crippen LogP contribution >= 0.6 is 0 Å². The molecule has 2 N–H and O–H groups in total. The SMILES string of the molecule is CC(C)n1c(CCc2ccccc2N)nc2ccccc21. The van der Waals surface area contributed by atoms with Gasteiger partial charge in [-0.2, -0.15) is 0 Å². The molecule has 0 spiro atoms. The highest BCUT2D eigenvalue weighted by molar-refractivity contribution is 5.76. The van der Waals surface area contributed by atoms with Crippen LogP contribution in [0.3, 0.4) is 0 Å². The van der Waals surface area contributed by atoms with Crippen LogP contribution < -0.4 is 5.73 Å². The number of para-hydroxylation sites is 3. The average Bonchev–Trinajstić information content (AvgIpc) is 2.85. The molecule has 0 aliphatic heterocycles. The molecule has 0 saturated heterocycles. The number of hydrogen-bond acceptors (Lipinski definition) is 2. The zero-order chi connectivity index (χ0) is 14.8. The van der Waals surface area contributed by atoms with Gasteiger partial charge in [0.1, 0.15) is 5.82 Å². The fraction of sp³-hybridized carbons (Fsp3) is 0.278. The van der Waals surface area contributed by atoms with Crippen LogP contribution in [0, 0.1) is 0 Å². The Balaban J connectivity index is 1.93. The van der Waals surface area contributed by atoms with Gasteiger partial charge in [-0.15, -0.1) is 0 Å². The number of imidazole rings is 1. The summed E-state index contributed by atoms with van der Waals surface area (Å²) >= 11 is 0. The Labute approximate surface area is 125 Å². The van der Waals surface area contributed by atoms with Gasteiger partial charge in [-0.05, 0) is 44.0 Å². The van der Waals surface area contributed by atoms with E-state index in [-0.39, 0.29) is 0 Å². The summed E-state index contributed by atoms with van der Waals surface area (Å²) in [5.74, 6) is 1.13. The lowest BCUT2D eigenvalue weighted by Gasteiger charge is -2.13. The van der Waals surface area contributed by atoms with Gasteiger partial charge in [0.25, 0.3) is 0 Å². The maximum atomic E-state index is 6.03. The molecule has 0 aliphatic rings. The Hall–Kier alpha value is -2.29. The maximum Gasteiger partial charge on any atom is 0.110 e. The number of aromatic nitrogens is 2. The van der Waals surface area contributed by atoms with Gasteiger partial charge in [0.05, 0.1) is 11.0 Å². The van der Waals surface area contributed by atoms with Crippen molar-refractivity contribution in [1.29, 1.82) is 0 Å². The summed E-state index contributed by atoms with van der Waals surface area (Å²) in [5, 5.41) is 0. The smallest absolute Gasteiger partial charge is 0.110 e. The molecule has 3 rings (SSSR count). The summed E-state index contributed by atoms with van der Waals surface area (Å²) in [5.41, 5.74) is 10.4. The minimum Gasteiger partial charge on any atom is -0.399 e. The summed E-state index contributed by atoms with van der Waals surface area (Å²) in [4.78, 5) is 4.80. The van der Waals surface area contributed by atoms with Gasteiger partial charge in [-0.3, -0.25) is 0 Å². The van der Waals surface area contributed by atoms with E-state index in [1.165, 1.54) is 11.1 Å². The second kappa shape index (κ2) is 5.60. The zero-order valence-corrected chi connectivity index (χ0v) is 12.6. The van der Waals surface area contributed by atoms with Gasteiger partial charge >= 0.3 is 0 Å². The molecule has 0 amide bonds. The van der Waals surface area contributed by atoms with Crippen LogP contribution in [0.1, 0.15) is 31.3 Å². The van der Waals surface area contributed by atoms with Crippen molar-refractivity contribution in [2.24, 2.45) is 0 Å². The third-order valence-electron chi connectivity index (χ3n) is 3.86. The first kappa shape index (κ1) is 13.7. The standard InChI is InChI=1S/C18H21N3/c1-13(2)21-17-10-6-5-9-16(17)20-18(21)12-11-14-7-3-4-8-15(14)19/h3-10,13H,11-12,19H2,1-2H3. The van der Waals surface area contributed by atoms with Crippen molar-refractivity contribution in [3.8, 4) is 0 Å². The molecule has 0 atom stereocenters. The van der Waals surface area contributed by atoms with Crippen LogP contribution in [0.4, 0.5) is 5.69 Å². The minimum absolute atomic E-state index is 0.403. The molecular formula is C18H21N3. The Morgan fingerprint density at radius 2 is 1.71 bits per heavy atom. The summed E-state index contributed by atoms with van der Waals surface area (Å²) in [7, 11) is 0. The molecule has 3 nitrogen and oxygen atoms in total. The lowest BCUT2D eigenvalue weighted by atomic mass is 10.1. The molecule has 3 aromatic rings. The largest absolute Gasteiger partial charge is 0.399 e. The Bertz CT molecular complexity index is 756. The number of nitrogens with zero attached hydrogens (tertiary/aromatic N) is 2. The van der Waals surface area contributed by atoms with Crippen molar-refractivity contribution in [3.05, 3.63) is 59.9 Å². The molecule has 2 aromatic carbocycles. The second-order valence-corrected chi connectivity index (χ2v) is 5.68. The summed E-state index contributed by atoms with van der Waals surface area (Å²) in [6, 6.07) is 16.8. The molecule has 0 radical (unpaired) electrons. The number of nitrogen functional groups attached to an aromatic ring is 1. The van der Waals surface area contributed by atoms with E-state index in [0.717, 1.165) is 29.9 Å². The first-order valence-corrected chi connectivity index (χ1v) is 7.46. The normalized spacial score (nSPS) is 11.4. The Morgan fingerprint density at radius 1 is 1.00 bits per heavy atom. The van der Waals surface area contributed by atoms with E-state index >= 15 is 0 Å². The van der Waals surface area contributed by atoms with E-state index in [2.05, 4.69) is 42.7 Å². The highest BCUT2D eigenvalue weighted by atomic mass is 15.1. The molecule has 0 saturated carbocycles. The van der Waals surface area contributed by atoms with Gasteiger partial charge < -0.3 is 10.3 Å². The predicted octanol–water partition coefficient (Wildman–Crippen LogP) is 3.98. The van der Waals surface area contributed by atoms with E-state index in [9.17, 15) is 0 Å². The number of nitrogens with two attached hydrogens (primary N) is 1. The summed E-state index contributed by atoms with van der Waals surface area (Å²) in [6.45, 7) is 4.41. The number of benzene rings is 2. The highest BCUT2D eigenvalue weighted by Gasteiger charge is 2.13. The number of fused-ring (bicyclic) bond motifs is 1. The molecule has 108 valence electrons. The fourth-order valence-electron chi connectivity index (χ4n) is 2.86. The van der Waals surface area contributed by atoms with Gasteiger partial charge in [0, 0.05) is 18.2 Å². The first-order chi connectivity index (χ1) is 10.2. The van der Waals surface area contributed by atoms with Crippen LogP contribution in [0.5, 0.6) is 0 Å². The van der Waals surface area contributed by atoms with Gasteiger partial charge in [0.2, 0.25) is 0 Å². The quantitative estimate of drug-likeness (QED) is 0.734.